The number of halogens is 2. The van der Waals surface area contributed by atoms with Crippen molar-refractivity contribution in [3.8, 4) is 0 Å². The zero-order valence-corrected chi connectivity index (χ0v) is 18.6. The third-order valence-electron chi connectivity index (χ3n) is 5.22. The molecule has 4 rings (SSSR count). The number of hydrogen-bond donors (Lipinski definition) is 1. The van der Waals surface area contributed by atoms with Crippen LogP contribution in [0.15, 0.2) is 67.0 Å². The summed E-state index contributed by atoms with van der Waals surface area (Å²) in [6.45, 7) is 2.43. The second kappa shape index (κ2) is 9.50. The maximum Gasteiger partial charge on any atom is 0.243 e. The average molecular weight is 453 g/mol. The normalized spacial score (nSPS) is 12.1. The van der Waals surface area contributed by atoms with E-state index >= 15 is 0 Å². The van der Waals surface area contributed by atoms with Gasteiger partial charge in [0, 0.05) is 35.4 Å². The van der Waals surface area contributed by atoms with Gasteiger partial charge in [0.1, 0.15) is 11.9 Å². The number of amides is 1. The lowest BCUT2D eigenvalue weighted by atomic mass is 10.1. The smallest absolute Gasteiger partial charge is 0.243 e. The second-order valence-electron chi connectivity index (χ2n) is 7.30. The fourth-order valence-corrected chi connectivity index (χ4v) is 4.17. The Hall–Kier alpha value is -2.89. The van der Waals surface area contributed by atoms with Crippen molar-refractivity contribution in [1.29, 1.82) is 0 Å². The number of fused-ring (bicyclic) bond motifs is 1. The molecule has 2 aromatic heterocycles. The summed E-state index contributed by atoms with van der Waals surface area (Å²) in [4.78, 5) is 22.1. The summed E-state index contributed by atoms with van der Waals surface area (Å²) >= 11 is 12.5. The molecule has 0 radical (unpaired) electrons. The number of carbonyl (C=O) groups is 1. The zero-order valence-electron chi connectivity index (χ0n) is 17.1. The highest BCUT2D eigenvalue weighted by atomic mass is 35.5. The summed E-state index contributed by atoms with van der Waals surface area (Å²) in [7, 11) is 0. The van der Waals surface area contributed by atoms with Crippen LogP contribution in [-0.2, 0) is 17.8 Å². The number of pyridine rings is 1. The summed E-state index contributed by atoms with van der Waals surface area (Å²) in [5, 5.41) is 4.21. The van der Waals surface area contributed by atoms with E-state index in [-0.39, 0.29) is 5.91 Å². The van der Waals surface area contributed by atoms with Gasteiger partial charge in [-0.3, -0.25) is 9.78 Å². The molecule has 158 valence electrons. The Morgan fingerprint density at radius 3 is 2.71 bits per heavy atom. The van der Waals surface area contributed by atoms with Crippen molar-refractivity contribution in [3.63, 3.8) is 0 Å². The Morgan fingerprint density at radius 1 is 1.13 bits per heavy atom. The molecule has 0 spiro atoms. The van der Waals surface area contributed by atoms with Crippen LogP contribution in [0.25, 0.3) is 11.0 Å². The fourth-order valence-electron chi connectivity index (χ4n) is 3.70. The number of nitrogens with zero attached hydrogens (tertiary/aromatic N) is 3. The minimum Gasteiger partial charge on any atom is -0.350 e. The number of aromatic nitrogens is 3. The van der Waals surface area contributed by atoms with E-state index in [0.717, 1.165) is 28.0 Å². The molecule has 31 heavy (non-hydrogen) atoms. The van der Waals surface area contributed by atoms with E-state index in [1.165, 1.54) is 0 Å². The first-order valence-electron chi connectivity index (χ1n) is 10.1. The quantitative estimate of drug-likeness (QED) is 0.397. The SMILES string of the molecule is CCC(C(=O)NCc1cccnc1)n1c(Cc2ccc(Cl)cc2Cl)nc2ccccc21. The monoisotopic (exact) mass is 452 g/mol. The lowest BCUT2D eigenvalue weighted by molar-refractivity contribution is -0.124. The van der Waals surface area contributed by atoms with Gasteiger partial charge in [-0.05, 0) is 47.9 Å². The molecule has 1 unspecified atom stereocenters. The van der Waals surface area contributed by atoms with Gasteiger partial charge in [-0.25, -0.2) is 4.98 Å². The maximum atomic E-state index is 13.2. The van der Waals surface area contributed by atoms with Gasteiger partial charge >= 0.3 is 0 Å². The van der Waals surface area contributed by atoms with Gasteiger partial charge in [0.25, 0.3) is 0 Å². The molecule has 0 bridgehead atoms. The van der Waals surface area contributed by atoms with Crippen molar-refractivity contribution >= 4 is 40.1 Å². The van der Waals surface area contributed by atoms with Crippen molar-refractivity contribution in [3.05, 3.63) is 94.0 Å². The van der Waals surface area contributed by atoms with E-state index in [1.54, 1.807) is 18.5 Å². The number of benzene rings is 2. The Labute approximate surface area is 191 Å². The molecule has 0 saturated carbocycles. The minimum absolute atomic E-state index is 0.0574. The van der Waals surface area contributed by atoms with Crippen molar-refractivity contribution in [2.45, 2.75) is 32.4 Å². The Bertz CT molecular complexity index is 1210. The maximum absolute atomic E-state index is 13.2. The molecule has 5 nitrogen and oxygen atoms in total. The number of imidazole rings is 1. The summed E-state index contributed by atoms with van der Waals surface area (Å²) in [5.41, 5.74) is 3.63. The predicted molar refractivity (Wildman–Crippen MR) is 124 cm³/mol. The minimum atomic E-state index is -0.398. The van der Waals surface area contributed by atoms with Crippen LogP contribution >= 0.6 is 23.2 Å². The predicted octanol–water partition coefficient (Wildman–Crippen LogP) is 5.60. The topological polar surface area (TPSA) is 59.8 Å². The molecule has 0 aliphatic heterocycles. The van der Waals surface area contributed by atoms with Crippen molar-refractivity contribution in [2.24, 2.45) is 0 Å². The van der Waals surface area contributed by atoms with Crippen molar-refractivity contribution in [1.82, 2.24) is 19.9 Å². The molecule has 1 amide bonds. The van der Waals surface area contributed by atoms with Crippen LogP contribution in [0.3, 0.4) is 0 Å². The van der Waals surface area contributed by atoms with Gasteiger partial charge in [-0.2, -0.15) is 0 Å². The molecule has 1 N–H and O–H groups in total. The summed E-state index contributed by atoms with van der Waals surface area (Å²) in [5.74, 6) is 0.728. The van der Waals surface area contributed by atoms with E-state index in [2.05, 4.69) is 10.3 Å². The van der Waals surface area contributed by atoms with Crippen LogP contribution in [0.5, 0.6) is 0 Å². The number of carbonyl (C=O) groups excluding carboxylic acids is 1. The standard InChI is InChI=1S/C24H22Cl2N4O/c1-2-21(24(31)28-15-16-6-5-11-27-14-16)30-22-8-4-3-7-20(22)29-23(30)12-17-9-10-18(25)13-19(17)26/h3-11,13-14,21H,2,12,15H2,1H3,(H,28,31). The lowest BCUT2D eigenvalue weighted by Gasteiger charge is -2.20. The molecule has 1 atom stereocenters. The first kappa shape index (κ1) is 21.3. The van der Waals surface area contributed by atoms with Crippen LogP contribution in [0.2, 0.25) is 10.0 Å². The molecule has 0 fully saturated rings. The summed E-state index contributed by atoms with van der Waals surface area (Å²) in [6.07, 6.45) is 4.59. The zero-order chi connectivity index (χ0) is 21.8. The Kier molecular flexibility index (Phi) is 6.54. The van der Waals surface area contributed by atoms with Crippen LogP contribution in [0.4, 0.5) is 0 Å². The largest absolute Gasteiger partial charge is 0.350 e. The fraction of sp³-hybridized carbons (Fsp3) is 0.208. The van der Waals surface area contributed by atoms with Crippen molar-refractivity contribution in [2.75, 3.05) is 0 Å². The third-order valence-corrected chi connectivity index (χ3v) is 5.81. The summed E-state index contributed by atoms with van der Waals surface area (Å²) < 4.78 is 2.03. The van der Waals surface area contributed by atoms with E-state index in [4.69, 9.17) is 28.2 Å². The molecular weight excluding hydrogens is 431 g/mol. The molecule has 4 aromatic rings. The molecule has 0 aliphatic rings. The Balaban J connectivity index is 1.68. The van der Waals surface area contributed by atoms with E-state index in [0.29, 0.717) is 29.4 Å². The van der Waals surface area contributed by atoms with Gasteiger partial charge in [0.2, 0.25) is 5.91 Å². The van der Waals surface area contributed by atoms with Crippen LogP contribution in [0, 0.1) is 0 Å². The lowest BCUT2D eigenvalue weighted by Crippen LogP contribution is -2.32. The van der Waals surface area contributed by atoms with Crippen LogP contribution in [-0.4, -0.2) is 20.4 Å². The molecule has 7 heteroatoms. The van der Waals surface area contributed by atoms with Crippen LogP contribution in [0.1, 0.15) is 36.3 Å². The molecule has 2 heterocycles. The highest BCUT2D eigenvalue weighted by molar-refractivity contribution is 6.35. The number of rotatable bonds is 7. The highest BCUT2D eigenvalue weighted by Crippen LogP contribution is 2.28. The number of para-hydroxylation sites is 2. The van der Waals surface area contributed by atoms with Crippen molar-refractivity contribution < 1.29 is 4.79 Å². The first-order chi connectivity index (χ1) is 15.1. The van der Waals surface area contributed by atoms with Gasteiger partial charge < -0.3 is 9.88 Å². The van der Waals surface area contributed by atoms with E-state index in [9.17, 15) is 4.79 Å². The second-order valence-corrected chi connectivity index (χ2v) is 8.15. The van der Waals surface area contributed by atoms with Gasteiger partial charge in [-0.15, -0.1) is 0 Å². The number of hydrogen-bond acceptors (Lipinski definition) is 3. The third kappa shape index (κ3) is 4.73. The molecule has 0 saturated heterocycles. The molecular formula is C24H22Cl2N4O. The van der Waals surface area contributed by atoms with E-state index < -0.39 is 6.04 Å². The first-order valence-corrected chi connectivity index (χ1v) is 10.9. The van der Waals surface area contributed by atoms with Crippen LogP contribution < -0.4 is 5.32 Å². The van der Waals surface area contributed by atoms with Gasteiger partial charge in [0.05, 0.1) is 11.0 Å². The highest BCUT2D eigenvalue weighted by Gasteiger charge is 2.24. The number of nitrogens with one attached hydrogen (secondary N) is 1. The Morgan fingerprint density at radius 2 is 1.97 bits per heavy atom. The van der Waals surface area contributed by atoms with Gasteiger partial charge in [0.15, 0.2) is 0 Å². The van der Waals surface area contributed by atoms with E-state index in [1.807, 2.05) is 60.0 Å². The average Bonchev–Trinajstić information content (AvgIpc) is 3.13. The van der Waals surface area contributed by atoms with Gasteiger partial charge in [-0.1, -0.05) is 54.4 Å². The summed E-state index contributed by atoms with van der Waals surface area (Å²) in [6, 6.07) is 16.7. The molecule has 2 aromatic carbocycles. The molecule has 0 aliphatic carbocycles.